The molecular formula is C28H34N2O. The van der Waals surface area contributed by atoms with Crippen LogP contribution in [0.4, 0.5) is 5.69 Å². The van der Waals surface area contributed by atoms with E-state index in [0.717, 1.165) is 16.8 Å². The maximum absolute atomic E-state index is 13.6. The van der Waals surface area contributed by atoms with E-state index in [9.17, 15) is 4.79 Å². The second-order valence-electron chi connectivity index (χ2n) is 8.67. The number of carbonyl (C=O) groups is 1. The van der Waals surface area contributed by atoms with Crippen LogP contribution in [0.2, 0.25) is 0 Å². The van der Waals surface area contributed by atoms with E-state index >= 15 is 0 Å². The highest BCUT2D eigenvalue weighted by molar-refractivity contribution is 5.96. The number of benzene rings is 3. The first kappa shape index (κ1) is 22.6. The number of anilines is 1. The number of hydrogen-bond acceptors (Lipinski definition) is 2. The highest BCUT2D eigenvalue weighted by Crippen LogP contribution is 2.36. The molecule has 0 aliphatic heterocycles. The summed E-state index contributed by atoms with van der Waals surface area (Å²) in [6.07, 6.45) is 0. The second kappa shape index (κ2) is 10.3. The van der Waals surface area contributed by atoms with Crippen molar-refractivity contribution in [1.82, 2.24) is 4.90 Å². The predicted octanol–water partition coefficient (Wildman–Crippen LogP) is 6.90. The van der Waals surface area contributed by atoms with Gasteiger partial charge in [0.1, 0.15) is 0 Å². The SMILES string of the molecule is CC(C)N(C(=O)c1ccccc1[C@@H](C)[C@H](Nc1ccccc1)c1ccccc1)C(C)C. The molecule has 2 atom stereocenters. The molecule has 0 fully saturated rings. The molecule has 3 aromatic carbocycles. The zero-order chi connectivity index (χ0) is 22.4. The van der Waals surface area contributed by atoms with Crippen LogP contribution < -0.4 is 5.32 Å². The van der Waals surface area contributed by atoms with E-state index in [1.807, 2.05) is 47.4 Å². The van der Waals surface area contributed by atoms with E-state index in [0.29, 0.717) is 0 Å². The van der Waals surface area contributed by atoms with Crippen LogP contribution in [0.15, 0.2) is 84.9 Å². The minimum Gasteiger partial charge on any atom is -0.378 e. The average Bonchev–Trinajstić information content (AvgIpc) is 2.78. The summed E-state index contributed by atoms with van der Waals surface area (Å²) in [4.78, 5) is 15.5. The summed E-state index contributed by atoms with van der Waals surface area (Å²) in [5.41, 5.74) is 4.12. The van der Waals surface area contributed by atoms with Crippen molar-refractivity contribution >= 4 is 11.6 Å². The summed E-state index contributed by atoms with van der Waals surface area (Å²) in [5.74, 6) is 0.183. The molecule has 0 radical (unpaired) electrons. The summed E-state index contributed by atoms with van der Waals surface area (Å²) < 4.78 is 0. The van der Waals surface area contributed by atoms with Gasteiger partial charge >= 0.3 is 0 Å². The third-order valence-electron chi connectivity index (χ3n) is 5.78. The maximum atomic E-state index is 13.6. The normalized spacial score (nSPS) is 13.1. The molecule has 0 aliphatic rings. The molecule has 3 heteroatoms. The van der Waals surface area contributed by atoms with Gasteiger partial charge in [-0.1, -0.05) is 73.7 Å². The van der Waals surface area contributed by atoms with Crippen molar-refractivity contribution in [3.8, 4) is 0 Å². The molecule has 0 aromatic heterocycles. The Labute approximate surface area is 187 Å². The molecule has 162 valence electrons. The van der Waals surface area contributed by atoms with Gasteiger partial charge in [0.15, 0.2) is 0 Å². The molecule has 0 saturated carbocycles. The molecule has 3 aromatic rings. The summed E-state index contributed by atoms with van der Waals surface area (Å²) >= 11 is 0. The highest BCUT2D eigenvalue weighted by atomic mass is 16.2. The number of nitrogens with zero attached hydrogens (tertiary/aromatic N) is 1. The van der Waals surface area contributed by atoms with Crippen LogP contribution in [0.3, 0.4) is 0 Å². The minimum atomic E-state index is 0.0316. The fourth-order valence-electron chi connectivity index (χ4n) is 4.34. The Hall–Kier alpha value is -3.07. The molecule has 3 nitrogen and oxygen atoms in total. The van der Waals surface area contributed by atoms with Gasteiger partial charge in [0.25, 0.3) is 5.91 Å². The van der Waals surface area contributed by atoms with Crippen molar-refractivity contribution in [2.75, 3.05) is 5.32 Å². The first-order chi connectivity index (χ1) is 14.9. The fourth-order valence-corrected chi connectivity index (χ4v) is 4.34. The third kappa shape index (κ3) is 5.35. The molecule has 1 amide bonds. The van der Waals surface area contributed by atoms with Gasteiger partial charge < -0.3 is 10.2 Å². The van der Waals surface area contributed by atoms with Gasteiger partial charge in [0, 0.05) is 29.3 Å². The van der Waals surface area contributed by atoms with Gasteiger partial charge in [-0.15, -0.1) is 0 Å². The zero-order valence-electron chi connectivity index (χ0n) is 19.2. The maximum Gasteiger partial charge on any atom is 0.254 e. The van der Waals surface area contributed by atoms with Gasteiger partial charge in [-0.05, 0) is 57.0 Å². The van der Waals surface area contributed by atoms with Crippen molar-refractivity contribution in [2.45, 2.75) is 58.7 Å². The Balaban J connectivity index is 2.02. The Morgan fingerprint density at radius 1 is 0.710 bits per heavy atom. The largest absolute Gasteiger partial charge is 0.378 e. The van der Waals surface area contributed by atoms with Crippen LogP contribution in [0.25, 0.3) is 0 Å². The van der Waals surface area contributed by atoms with Crippen molar-refractivity contribution in [2.24, 2.45) is 0 Å². The van der Waals surface area contributed by atoms with Crippen molar-refractivity contribution in [3.05, 3.63) is 102 Å². The standard InChI is InChI=1S/C28H34N2O/c1-20(2)30(21(3)4)28(31)26-19-13-12-18-25(26)22(5)27(23-14-8-6-9-15-23)29-24-16-10-7-11-17-24/h6-22,27,29H,1-5H3/t22-,27+/m1/s1. The van der Waals surface area contributed by atoms with Crippen LogP contribution >= 0.6 is 0 Å². The first-order valence-corrected chi connectivity index (χ1v) is 11.2. The molecule has 0 unspecified atom stereocenters. The number of amides is 1. The summed E-state index contributed by atoms with van der Waals surface area (Å²) in [5, 5.41) is 3.71. The highest BCUT2D eigenvalue weighted by Gasteiger charge is 2.28. The van der Waals surface area contributed by atoms with Crippen molar-refractivity contribution < 1.29 is 4.79 Å². The number of para-hydroxylation sites is 1. The number of rotatable bonds is 8. The van der Waals surface area contributed by atoms with E-state index in [-0.39, 0.29) is 30.0 Å². The van der Waals surface area contributed by atoms with Crippen LogP contribution in [-0.4, -0.2) is 22.9 Å². The van der Waals surface area contributed by atoms with E-state index in [1.165, 1.54) is 5.56 Å². The third-order valence-corrected chi connectivity index (χ3v) is 5.78. The van der Waals surface area contributed by atoms with Gasteiger partial charge in [0.05, 0.1) is 6.04 Å². The molecule has 0 saturated heterocycles. The Kier molecular flexibility index (Phi) is 7.51. The topological polar surface area (TPSA) is 32.3 Å². The monoisotopic (exact) mass is 414 g/mol. The lowest BCUT2D eigenvalue weighted by Gasteiger charge is -2.33. The Morgan fingerprint density at radius 3 is 1.81 bits per heavy atom. The van der Waals surface area contributed by atoms with Gasteiger partial charge in [-0.25, -0.2) is 0 Å². The first-order valence-electron chi connectivity index (χ1n) is 11.2. The molecule has 0 spiro atoms. The van der Waals surface area contributed by atoms with E-state index in [4.69, 9.17) is 0 Å². The summed E-state index contributed by atoms with van der Waals surface area (Å²) in [7, 11) is 0. The molecule has 3 rings (SSSR count). The van der Waals surface area contributed by atoms with E-state index in [2.05, 4.69) is 82.4 Å². The van der Waals surface area contributed by atoms with Crippen LogP contribution in [0, 0.1) is 0 Å². The van der Waals surface area contributed by atoms with Gasteiger partial charge in [0.2, 0.25) is 0 Å². The van der Waals surface area contributed by atoms with Crippen LogP contribution in [-0.2, 0) is 0 Å². The van der Waals surface area contributed by atoms with E-state index < -0.39 is 0 Å². The molecule has 1 N–H and O–H groups in total. The molecule has 0 aliphatic carbocycles. The minimum absolute atomic E-state index is 0.0316. The summed E-state index contributed by atoms with van der Waals surface area (Å²) in [6.45, 7) is 10.5. The molecule has 31 heavy (non-hydrogen) atoms. The Morgan fingerprint density at radius 2 is 1.23 bits per heavy atom. The number of carbonyl (C=O) groups excluding carboxylic acids is 1. The van der Waals surface area contributed by atoms with Crippen LogP contribution in [0.5, 0.6) is 0 Å². The molecule has 0 heterocycles. The van der Waals surface area contributed by atoms with Crippen LogP contribution in [0.1, 0.15) is 68.1 Å². The molecule has 0 bridgehead atoms. The number of nitrogens with one attached hydrogen (secondary N) is 1. The zero-order valence-corrected chi connectivity index (χ0v) is 19.2. The Bertz CT molecular complexity index is 959. The predicted molar refractivity (Wildman–Crippen MR) is 131 cm³/mol. The smallest absolute Gasteiger partial charge is 0.254 e. The fraction of sp³-hybridized carbons (Fsp3) is 0.321. The van der Waals surface area contributed by atoms with Gasteiger partial charge in [-0.3, -0.25) is 4.79 Å². The lowest BCUT2D eigenvalue weighted by molar-refractivity contribution is 0.0642. The van der Waals surface area contributed by atoms with Crippen molar-refractivity contribution in [3.63, 3.8) is 0 Å². The van der Waals surface area contributed by atoms with E-state index in [1.54, 1.807) is 0 Å². The summed E-state index contributed by atoms with van der Waals surface area (Å²) in [6, 6.07) is 29.1. The lowest BCUT2D eigenvalue weighted by atomic mass is 9.85. The number of hydrogen-bond donors (Lipinski definition) is 1. The average molecular weight is 415 g/mol. The molecular weight excluding hydrogens is 380 g/mol. The van der Waals surface area contributed by atoms with Crippen molar-refractivity contribution in [1.29, 1.82) is 0 Å². The quantitative estimate of drug-likeness (QED) is 0.435. The second-order valence-corrected chi connectivity index (χ2v) is 8.67. The lowest BCUT2D eigenvalue weighted by Crippen LogP contribution is -2.42. The van der Waals surface area contributed by atoms with Gasteiger partial charge in [-0.2, -0.15) is 0 Å².